The highest BCUT2D eigenvalue weighted by Crippen LogP contribution is 2.28. The monoisotopic (exact) mass is 337 g/mol. The number of nitrogens with zero attached hydrogens (tertiary/aromatic N) is 2. The molecule has 6 heteroatoms. The summed E-state index contributed by atoms with van der Waals surface area (Å²) < 4.78 is 0.977. The van der Waals surface area contributed by atoms with Crippen LogP contribution in [0, 0.1) is 0 Å². The molecule has 0 spiro atoms. The van der Waals surface area contributed by atoms with Gasteiger partial charge in [-0.15, -0.1) is 11.3 Å². The van der Waals surface area contributed by atoms with E-state index in [-0.39, 0.29) is 5.91 Å². The molecular formula is C13H12BrN3OS. The molecule has 1 amide bonds. The highest BCUT2D eigenvalue weighted by molar-refractivity contribution is 9.10. The van der Waals surface area contributed by atoms with E-state index in [4.69, 9.17) is 0 Å². The molecule has 2 heterocycles. The summed E-state index contributed by atoms with van der Waals surface area (Å²) in [6.45, 7) is 2.17. The summed E-state index contributed by atoms with van der Waals surface area (Å²) in [5.41, 5.74) is 1.68. The van der Waals surface area contributed by atoms with Crippen LogP contribution in [0.15, 0.2) is 34.2 Å². The van der Waals surface area contributed by atoms with Crippen molar-refractivity contribution < 1.29 is 4.79 Å². The number of halogens is 1. The van der Waals surface area contributed by atoms with Crippen LogP contribution in [-0.2, 0) is 6.54 Å². The molecule has 0 aliphatic carbocycles. The van der Waals surface area contributed by atoms with Crippen molar-refractivity contribution in [3.8, 4) is 0 Å². The summed E-state index contributed by atoms with van der Waals surface area (Å²) in [6, 6.07) is 5.74. The van der Waals surface area contributed by atoms with Crippen LogP contribution >= 0.6 is 27.3 Å². The Bertz CT molecular complexity index is 600. The Balaban J connectivity index is 1.99. The van der Waals surface area contributed by atoms with Gasteiger partial charge in [0.2, 0.25) is 0 Å². The van der Waals surface area contributed by atoms with Crippen LogP contribution in [0.4, 0.5) is 5.69 Å². The average molecular weight is 338 g/mol. The molecule has 1 aromatic heterocycles. The second kappa shape index (κ2) is 5.30. The molecule has 1 aliphatic rings. The zero-order chi connectivity index (χ0) is 13.2. The van der Waals surface area contributed by atoms with Crippen LogP contribution in [-0.4, -0.2) is 24.0 Å². The molecule has 0 unspecified atom stereocenters. The lowest BCUT2D eigenvalue weighted by atomic mass is 10.1. The van der Waals surface area contributed by atoms with Crippen LogP contribution in [0.1, 0.15) is 15.4 Å². The molecule has 0 bridgehead atoms. The third-order valence-corrected chi connectivity index (χ3v) is 4.28. The number of hydrogen-bond acceptors (Lipinski definition) is 4. The van der Waals surface area contributed by atoms with Crippen molar-refractivity contribution in [1.82, 2.24) is 10.3 Å². The van der Waals surface area contributed by atoms with Gasteiger partial charge < -0.3 is 10.2 Å². The lowest BCUT2D eigenvalue weighted by Crippen LogP contribution is -2.29. The molecular weight excluding hydrogens is 326 g/mol. The van der Waals surface area contributed by atoms with E-state index in [1.165, 1.54) is 0 Å². The molecule has 1 N–H and O–H groups in total. The molecule has 0 atom stereocenters. The van der Waals surface area contributed by atoms with Crippen LogP contribution < -0.4 is 10.2 Å². The summed E-state index contributed by atoms with van der Waals surface area (Å²) in [6.07, 6.45) is 1.81. The minimum atomic E-state index is -0.0101. The fourth-order valence-electron chi connectivity index (χ4n) is 2.14. The van der Waals surface area contributed by atoms with Gasteiger partial charge in [-0.25, -0.2) is 4.98 Å². The van der Waals surface area contributed by atoms with E-state index >= 15 is 0 Å². The zero-order valence-electron chi connectivity index (χ0n) is 10.1. The minimum absolute atomic E-state index is 0.0101. The molecule has 1 aromatic carbocycles. The number of aromatic nitrogens is 1. The number of thiazole rings is 1. The Hall–Kier alpha value is -1.40. The van der Waals surface area contributed by atoms with Crippen LogP contribution in [0.25, 0.3) is 0 Å². The van der Waals surface area contributed by atoms with Crippen molar-refractivity contribution in [2.24, 2.45) is 0 Å². The van der Waals surface area contributed by atoms with Gasteiger partial charge in [0.15, 0.2) is 0 Å². The Morgan fingerprint density at radius 1 is 1.47 bits per heavy atom. The largest absolute Gasteiger partial charge is 0.362 e. The van der Waals surface area contributed by atoms with Crippen molar-refractivity contribution in [1.29, 1.82) is 0 Å². The fourth-order valence-corrected chi connectivity index (χ4v) is 3.12. The molecule has 0 saturated carbocycles. The SMILES string of the molecule is O=C1NCCN(Cc2nccs2)c2cc(Br)ccc21. The smallest absolute Gasteiger partial charge is 0.253 e. The normalized spacial score (nSPS) is 14.8. The fraction of sp³-hybridized carbons (Fsp3) is 0.231. The van der Waals surface area contributed by atoms with Gasteiger partial charge in [-0.1, -0.05) is 15.9 Å². The summed E-state index contributed by atoms with van der Waals surface area (Å²) >= 11 is 5.10. The molecule has 0 fully saturated rings. The highest BCUT2D eigenvalue weighted by Gasteiger charge is 2.21. The molecule has 4 nitrogen and oxygen atoms in total. The molecule has 19 heavy (non-hydrogen) atoms. The summed E-state index contributed by atoms with van der Waals surface area (Å²) in [5, 5.41) is 5.94. The first-order chi connectivity index (χ1) is 9.24. The van der Waals surface area contributed by atoms with E-state index in [2.05, 4.69) is 31.1 Å². The molecule has 0 radical (unpaired) electrons. The highest BCUT2D eigenvalue weighted by atomic mass is 79.9. The summed E-state index contributed by atoms with van der Waals surface area (Å²) in [4.78, 5) is 18.5. The van der Waals surface area contributed by atoms with Gasteiger partial charge in [-0.05, 0) is 18.2 Å². The quantitative estimate of drug-likeness (QED) is 0.916. The second-order valence-corrected chi connectivity index (χ2v) is 6.16. The number of anilines is 1. The van der Waals surface area contributed by atoms with Crippen molar-refractivity contribution in [2.45, 2.75) is 6.54 Å². The van der Waals surface area contributed by atoms with Crippen molar-refractivity contribution in [2.75, 3.05) is 18.0 Å². The van der Waals surface area contributed by atoms with E-state index in [0.29, 0.717) is 6.54 Å². The van der Waals surface area contributed by atoms with E-state index in [1.54, 1.807) is 11.3 Å². The van der Waals surface area contributed by atoms with E-state index in [0.717, 1.165) is 33.8 Å². The number of fused-ring (bicyclic) bond motifs is 1. The maximum Gasteiger partial charge on any atom is 0.253 e. The third kappa shape index (κ3) is 2.64. The molecule has 2 aromatic rings. The number of nitrogens with one attached hydrogen (secondary N) is 1. The van der Waals surface area contributed by atoms with Gasteiger partial charge in [0, 0.05) is 29.1 Å². The maximum atomic E-state index is 12.0. The van der Waals surface area contributed by atoms with Gasteiger partial charge in [-0.2, -0.15) is 0 Å². The Morgan fingerprint density at radius 3 is 3.16 bits per heavy atom. The zero-order valence-corrected chi connectivity index (χ0v) is 12.5. The van der Waals surface area contributed by atoms with Gasteiger partial charge in [0.25, 0.3) is 5.91 Å². The Labute approximate surface area is 123 Å². The first kappa shape index (κ1) is 12.6. The van der Waals surface area contributed by atoms with Gasteiger partial charge >= 0.3 is 0 Å². The van der Waals surface area contributed by atoms with Gasteiger partial charge in [0.1, 0.15) is 5.01 Å². The molecule has 1 aliphatic heterocycles. The van der Waals surface area contributed by atoms with Crippen molar-refractivity contribution in [3.05, 3.63) is 44.8 Å². The number of amides is 1. The van der Waals surface area contributed by atoms with Gasteiger partial charge in [-0.3, -0.25) is 4.79 Å². The summed E-state index contributed by atoms with van der Waals surface area (Å²) in [5.74, 6) is -0.0101. The van der Waals surface area contributed by atoms with Crippen molar-refractivity contribution >= 4 is 38.9 Å². The van der Waals surface area contributed by atoms with Gasteiger partial charge in [0.05, 0.1) is 17.8 Å². The topological polar surface area (TPSA) is 45.2 Å². The number of hydrogen-bond donors (Lipinski definition) is 1. The third-order valence-electron chi connectivity index (χ3n) is 3.02. The minimum Gasteiger partial charge on any atom is -0.362 e. The van der Waals surface area contributed by atoms with Crippen LogP contribution in [0.2, 0.25) is 0 Å². The molecule has 98 valence electrons. The average Bonchev–Trinajstić information content (AvgIpc) is 2.85. The van der Waals surface area contributed by atoms with Crippen molar-refractivity contribution in [3.63, 3.8) is 0 Å². The van der Waals surface area contributed by atoms with Crippen LogP contribution in [0.3, 0.4) is 0 Å². The summed E-state index contributed by atoms with van der Waals surface area (Å²) in [7, 11) is 0. The number of carbonyl (C=O) groups is 1. The predicted molar refractivity (Wildman–Crippen MR) is 79.6 cm³/mol. The van der Waals surface area contributed by atoms with E-state index in [1.807, 2.05) is 29.8 Å². The lowest BCUT2D eigenvalue weighted by Gasteiger charge is -2.23. The number of rotatable bonds is 2. The predicted octanol–water partition coefficient (Wildman–Crippen LogP) is 2.66. The second-order valence-electron chi connectivity index (χ2n) is 4.26. The number of benzene rings is 1. The molecule has 3 rings (SSSR count). The Morgan fingerprint density at radius 2 is 2.37 bits per heavy atom. The standard InChI is InChI=1S/C13H12BrN3OS/c14-9-1-2-10-11(7-9)17(5-3-16-13(10)18)8-12-15-4-6-19-12/h1-2,4,6-7H,3,5,8H2,(H,16,18). The number of carbonyl (C=O) groups excluding carboxylic acids is 1. The lowest BCUT2D eigenvalue weighted by molar-refractivity contribution is 0.0958. The maximum absolute atomic E-state index is 12.0. The first-order valence-electron chi connectivity index (χ1n) is 5.95. The molecule has 0 saturated heterocycles. The Kier molecular flexibility index (Phi) is 3.52. The van der Waals surface area contributed by atoms with E-state index in [9.17, 15) is 4.79 Å². The van der Waals surface area contributed by atoms with E-state index < -0.39 is 0 Å². The van der Waals surface area contributed by atoms with Crippen LogP contribution in [0.5, 0.6) is 0 Å². The first-order valence-corrected chi connectivity index (χ1v) is 7.62.